The molecule has 0 aromatic heterocycles. The molecule has 1 aromatic rings. The second kappa shape index (κ2) is 11.1. The molecule has 7 heteroatoms. The third-order valence-corrected chi connectivity index (χ3v) is 14.8. The molecule has 9 atom stereocenters. The maximum atomic E-state index is 13.1. The molecule has 0 heterocycles. The zero-order chi connectivity index (χ0) is 34.4. The van der Waals surface area contributed by atoms with Crippen LogP contribution in [0.25, 0.3) is 6.08 Å². The van der Waals surface area contributed by atoms with Crippen molar-refractivity contribution in [2.24, 2.45) is 50.2 Å². The third-order valence-electron chi connectivity index (χ3n) is 14.8. The van der Waals surface area contributed by atoms with Gasteiger partial charge >= 0.3 is 11.9 Å². The maximum Gasteiger partial charge on any atom is 0.331 e. The Morgan fingerprint density at radius 1 is 0.936 bits per heavy atom. The van der Waals surface area contributed by atoms with Crippen LogP contribution in [0.4, 0.5) is 0 Å². The molecule has 6 rings (SSSR count). The predicted octanol–water partition coefficient (Wildman–Crippen LogP) is 8.18. The summed E-state index contributed by atoms with van der Waals surface area (Å²) in [5.74, 6) is -0.128. The van der Waals surface area contributed by atoms with Gasteiger partial charge in [-0.2, -0.15) is 0 Å². The average Bonchev–Trinajstić information content (AvgIpc) is 2.98. The van der Waals surface area contributed by atoms with E-state index in [1.807, 2.05) is 0 Å². The summed E-state index contributed by atoms with van der Waals surface area (Å²) in [6, 6.07) is 4.86. The van der Waals surface area contributed by atoms with Crippen molar-refractivity contribution in [3.63, 3.8) is 0 Å². The van der Waals surface area contributed by atoms with Gasteiger partial charge < -0.3 is 24.8 Å². The second-order valence-electron chi connectivity index (χ2n) is 17.9. The SMILES string of the molecule is COc1cc(/C=C/C(=O)OC2C(O)CC3(C)C(CCC4(C)C3CC=C3C5CC(C)(C)CCC5(C(=O)O)CCC34C)C2(C)C)ccc1O. The summed E-state index contributed by atoms with van der Waals surface area (Å²) in [5, 5.41) is 32.3. The van der Waals surface area contributed by atoms with E-state index in [-0.39, 0.29) is 39.2 Å². The molecule has 3 N–H and O–H groups in total. The fourth-order valence-corrected chi connectivity index (χ4v) is 12.1. The number of allylic oxidation sites excluding steroid dienone is 2. The van der Waals surface area contributed by atoms with E-state index in [9.17, 15) is 24.9 Å². The van der Waals surface area contributed by atoms with Crippen molar-refractivity contribution in [2.45, 2.75) is 118 Å². The highest BCUT2D eigenvalue weighted by Gasteiger charge is 2.70. The first-order valence-electron chi connectivity index (χ1n) is 17.7. The summed E-state index contributed by atoms with van der Waals surface area (Å²) in [7, 11) is 1.48. The van der Waals surface area contributed by atoms with Crippen LogP contribution in [0.5, 0.6) is 11.5 Å². The standard InChI is InChI=1S/C40H56O7/c1-35(2)17-19-40(34(44)45)20-18-38(6)25(26(40)22-35)11-13-31-37(5)23-28(42)33(36(3,4)30(37)15-16-39(31,38)7)47-32(43)14-10-24-9-12-27(41)29(21-24)46-8/h9-12,14,21,26,28,30-31,33,41-42H,13,15-20,22-23H2,1-8H3,(H,44,45)/b14-10+. The molecule has 0 spiro atoms. The lowest BCUT2D eigenvalue weighted by molar-refractivity contribution is -0.238. The van der Waals surface area contributed by atoms with Crippen LogP contribution >= 0.6 is 0 Å². The van der Waals surface area contributed by atoms with Crippen molar-refractivity contribution in [3.8, 4) is 11.5 Å². The minimum Gasteiger partial charge on any atom is -0.504 e. The summed E-state index contributed by atoms with van der Waals surface area (Å²) in [4.78, 5) is 26.1. The number of aliphatic hydroxyl groups excluding tert-OH is 1. The van der Waals surface area contributed by atoms with Crippen LogP contribution in [0, 0.1) is 50.2 Å². The van der Waals surface area contributed by atoms with Crippen molar-refractivity contribution in [3.05, 3.63) is 41.5 Å². The van der Waals surface area contributed by atoms with Gasteiger partial charge in [0, 0.05) is 11.5 Å². The van der Waals surface area contributed by atoms with E-state index in [2.05, 4.69) is 54.5 Å². The van der Waals surface area contributed by atoms with Crippen molar-refractivity contribution >= 4 is 18.0 Å². The first-order valence-corrected chi connectivity index (χ1v) is 17.7. The summed E-state index contributed by atoms with van der Waals surface area (Å²) >= 11 is 0. The zero-order valence-electron chi connectivity index (χ0n) is 29.7. The Morgan fingerprint density at radius 3 is 2.32 bits per heavy atom. The Bertz CT molecular complexity index is 1510. The van der Waals surface area contributed by atoms with E-state index < -0.39 is 35.0 Å². The zero-order valence-corrected chi connectivity index (χ0v) is 29.7. The van der Waals surface area contributed by atoms with Crippen LogP contribution in [-0.4, -0.2) is 46.6 Å². The number of phenols is 1. The molecule has 0 saturated heterocycles. The van der Waals surface area contributed by atoms with Gasteiger partial charge in [0.05, 0.1) is 18.6 Å². The number of ether oxygens (including phenoxy) is 2. The molecule has 0 amide bonds. The number of carbonyl (C=O) groups excluding carboxylic acids is 1. The quantitative estimate of drug-likeness (QED) is 0.168. The van der Waals surface area contributed by atoms with Gasteiger partial charge in [0.25, 0.3) is 0 Å². The largest absolute Gasteiger partial charge is 0.504 e. The summed E-state index contributed by atoms with van der Waals surface area (Å²) in [6.07, 6.45) is 11.7. The number of aliphatic hydroxyl groups is 1. The minimum absolute atomic E-state index is 0.0260. The predicted molar refractivity (Wildman–Crippen MR) is 182 cm³/mol. The summed E-state index contributed by atoms with van der Waals surface area (Å²) in [6.45, 7) is 16.2. The molecule has 4 fully saturated rings. The van der Waals surface area contributed by atoms with Gasteiger partial charge in [0.2, 0.25) is 0 Å². The fourth-order valence-electron chi connectivity index (χ4n) is 12.1. The van der Waals surface area contributed by atoms with E-state index in [1.54, 1.807) is 18.2 Å². The number of carbonyl (C=O) groups is 2. The van der Waals surface area contributed by atoms with Crippen LogP contribution in [-0.2, 0) is 14.3 Å². The molecule has 0 radical (unpaired) electrons. The average molecular weight is 649 g/mol. The number of methoxy groups -OCH3 is 1. The number of fused-ring (bicyclic) bond motifs is 7. The molecule has 47 heavy (non-hydrogen) atoms. The first kappa shape index (κ1) is 34.1. The van der Waals surface area contributed by atoms with Crippen molar-refractivity contribution < 1.29 is 34.4 Å². The number of rotatable bonds is 5. The fraction of sp³-hybridized carbons (Fsp3) is 0.700. The van der Waals surface area contributed by atoms with Gasteiger partial charge in [0.1, 0.15) is 6.10 Å². The van der Waals surface area contributed by atoms with Crippen LogP contribution in [0.2, 0.25) is 0 Å². The number of carboxylic acids is 1. The first-order chi connectivity index (χ1) is 21.8. The molecule has 5 aliphatic carbocycles. The van der Waals surface area contributed by atoms with Gasteiger partial charge in [-0.3, -0.25) is 4.79 Å². The Hall–Kier alpha value is -2.80. The number of aromatic hydroxyl groups is 1. The van der Waals surface area contributed by atoms with Crippen LogP contribution < -0.4 is 4.74 Å². The Labute approximate surface area is 280 Å². The van der Waals surface area contributed by atoms with Gasteiger partial charge in [-0.15, -0.1) is 0 Å². The highest BCUT2D eigenvalue weighted by molar-refractivity contribution is 5.87. The number of carboxylic acid groups (broad SMARTS) is 1. The van der Waals surface area contributed by atoms with Crippen molar-refractivity contribution in [1.82, 2.24) is 0 Å². The van der Waals surface area contributed by atoms with Crippen molar-refractivity contribution in [1.29, 1.82) is 0 Å². The van der Waals surface area contributed by atoms with Gasteiger partial charge in [-0.1, -0.05) is 66.2 Å². The minimum atomic E-state index is -0.803. The molecule has 9 unspecified atom stereocenters. The monoisotopic (exact) mass is 648 g/mol. The lowest BCUT2D eigenvalue weighted by atomic mass is 9.33. The number of phenolic OH excluding ortho intramolecular Hbond substituents is 1. The van der Waals surface area contributed by atoms with E-state index in [0.29, 0.717) is 23.7 Å². The molecule has 7 nitrogen and oxygen atoms in total. The van der Waals surface area contributed by atoms with E-state index >= 15 is 0 Å². The molecule has 5 aliphatic rings. The lowest BCUT2D eigenvalue weighted by Gasteiger charge is -2.71. The number of aliphatic carboxylic acids is 1. The van der Waals surface area contributed by atoms with E-state index in [4.69, 9.17) is 9.47 Å². The molecule has 4 saturated carbocycles. The molecule has 1 aromatic carbocycles. The number of hydrogen-bond acceptors (Lipinski definition) is 6. The topological polar surface area (TPSA) is 113 Å². The number of esters is 1. The highest BCUT2D eigenvalue weighted by atomic mass is 16.6. The molecule has 0 bridgehead atoms. The van der Waals surface area contributed by atoms with Gasteiger partial charge in [-0.25, -0.2) is 4.79 Å². The molecule has 258 valence electrons. The van der Waals surface area contributed by atoms with Crippen LogP contribution in [0.3, 0.4) is 0 Å². The maximum absolute atomic E-state index is 13.1. The van der Waals surface area contributed by atoms with Gasteiger partial charge in [-0.05, 0) is 121 Å². The van der Waals surface area contributed by atoms with Crippen molar-refractivity contribution in [2.75, 3.05) is 7.11 Å². The molecular formula is C40H56O7. The van der Waals surface area contributed by atoms with Gasteiger partial charge in [0.15, 0.2) is 11.5 Å². The smallest absolute Gasteiger partial charge is 0.331 e. The Morgan fingerprint density at radius 2 is 1.64 bits per heavy atom. The third kappa shape index (κ3) is 4.99. The summed E-state index contributed by atoms with van der Waals surface area (Å²) in [5.41, 5.74) is 0.812. The molecular weight excluding hydrogens is 592 g/mol. The molecule has 0 aliphatic heterocycles. The Balaban J connectivity index is 1.27. The highest BCUT2D eigenvalue weighted by Crippen LogP contribution is 2.75. The summed E-state index contributed by atoms with van der Waals surface area (Å²) < 4.78 is 11.3. The number of hydrogen-bond donors (Lipinski definition) is 3. The lowest BCUT2D eigenvalue weighted by Crippen LogP contribution is -2.67. The van der Waals surface area contributed by atoms with E-state index in [0.717, 1.165) is 51.4 Å². The normalized spacial score (nSPS) is 41.8. The number of benzene rings is 1. The van der Waals surface area contributed by atoms with Crippen LogP contribution in [0.1, 0.15) is 112 Å². The van der Waals surface area contributed by atoms with Crippen LogP contribution in [0.15, 0.2) is 35.9 Å². The van der Waals surface area contributed by atoms with E-state index in [1.165, 1.54) is 24.8 Å². The second-order valence-corrected chi connectivity index (χ2v) is 17.9. The Kier molecular flexibility index (Phi) is 8.06.